The minimum atomic E-state index is -0.440. The van der Waals surface area contributed by atoms with Gasteiger partial charge in [-0.15, -0.1) is 5.10 Å². The van der Waals surface area contributed by atoms with Gasteiger partial charge in [-0.05, 0) is 41.5 Å². The fourth-order valence-corrected chi connectivity index (χ4v) is 3.45. The van der Waals surface area contributed by atoms with Crippen LogP contribution in [0.2, 0.25) is 0 Å². The van der Waals surface area contributed by atoms with E-state index >= 15 is 0 Å². The number of carbonyl (C=O) groups is 2. The Hall–Kier alpha value is -4.26. The van der Waals surface area contributed by atoms with Crippen molar-refractivity contribution in [3.63, 3.8) is 0 Å². The number of anilines is 1. The molecule has 0 fully saturated rings. The fourth-order valence-electron chi connectivity index (χ4n) is 3.45. The first kappa shape index (κ1) is 27.3. The minimum absolute atomic E-state index is 0.0725. The van der Waals surface area contributed by atoms with Gasteiger partial charge in [0.15, 0.2) is 11.4 Å². The van der Waals surface area contributed by atoms with E-state index in [0.29, 0.717) is 29.2 Å². The van der Waals surface area contributed by atoms with Crippen LogP contribution < -0.4 is 15.4 Å². The van der Waals surface area contributed by atoms with Gasteiger partial charge in [0, 0.05) is 12.7 Å². The molecule has 10 heteroatoms. The standard InChI is InChI=1S/C27H33N7O3/c1-16-22(34-14-21(32-33-34)25(36)30-15-26(2,3)4)10-18(13-29-16)24(35)31-20-11-19(27(5,6)7)9-17(12-28)23(20)37-8/h9-11,13-14H,15H2,1-8H3,(H,30,36)(H,31,35). The summed E-state index contributed by atoms with van der Waals surface area (Å²) < 4.78 is 6.85. The van der Waals surface area contributed by atoms with Crippen molar-refractivity contribution in [2.24, 2.45) is 5.41 Å². The number of methoxy groups -OCH3 is 1. The summed E-state index contributed by atoms with van der Waals surface area (Å²) in [5, 5.41) is 23.4. The lowest BCUT2D eigenvalue weighted by Crippen LogP contribution is -2.32. The van der Waals surface area contributed by atoms with Gasteiger partial charge in [0.05, 0.1) is 41.5 Å². The lowest BCUT2D eigenvalue weighted by molar-refractivity contribution is 0.0933. The topological polar surface area (TPSA) is 135 Å². The van der Waals surface area contributed by atoms with Crippen molar-refractivity contribution >= 4 is 17.5 Å². The molecule has 0 saturated carbocycles. The van der Waals surface area contributed by atoms with Crippen molar-refractivity contribution in [3.8, 4) is 17.5 Å². The van der Waals surface area contributed by atoms with E-state index in [1.807, 2.05) is 41.5 Å². The molecule has 0 atom stereocenters. The first-order valence-corrected chi connectivity index (χ1v) is 11.8. The molecular weight excluding hydrogens is 470 g/mol. The Labute approximate surface area is 217 Å². The number of carbonyl (C=O) groups excluding carboxylic acids is 2. The van der Waals surface area contributed by atoms with Crippen LogP contribution in [0.15, 0.2) is 30.6 Å². The Bertz CT molecular complexity index is 1370. The lowest BCUT2D eigenvalue weighted by atomic mass is 9.85. The zero-order valence-electron chi connectivity index (χ0n) is 22.6. The van der Waals surface area contributed by atoms with E-state index in [0.717, 1.165) is 5.56 Å². The second-order valence-electron chi connectivity index (χ2n) is 11.0. The molecule has 2 heterocycles. The third-order valence-electron chi connectivity index (χ3n) is 5.60. The number of aromatic nitrogens is 4. The Morgan fingerprint density at radius 3 is 2.41 bits per heavy atom. The number of aryl methyl sites for hydroxylation is 1. The van der Waals surface area contributed by atoms with Crippen LogP contribution in [0.1, 0.15) is 79.2 Å². The van der Waals surface area contributed by atoms with Gasteiger partial charge >= 0.3 is 0 Å². The van der Waals surface area contributed by atoms with Crippen LogP contribution in [0.4, 0.5) is 5.69 Å². The molecule has 3 aromatic rings. The summed E-state index contributed by atoms with van der Waals surface area (Å²) in [4.78, 5) is 30.0. The third kappa shape index (κ3) is 6.50. The summed E-state index contributed by atoms with van der Waals surface area (Å²) in [6.07, 6.45) is 2.95. The maximum atomic E-state index is 13.2. The second kappa shape index (κ2) is 10.4. The van der Waals surface area contributed by atoms with E-state index in [9.17, 15) is 14.9 Å². The molecule has 0 saturated heterocycles. The molecule has 2 N–H and O–H groups in total. The number of ether oxygens (including phenoxy) is 1. The smallest absolute Gasteiger partial charge is 0.273 e. The average molecular weight is 504 g/mol. The average Bonchev–Trinajstić information content (AvgIpc) is 3.31. The lowest BCUT2D eigenvalue weighted by Gasteiger charge is -2.22. The number of pyridine rings is 1. The zero-order chi connectivity index (χ0) is 27.5. The zero-order valence-corrected chi connectivity index (χ0v) is 22.6. The van der Waals surface area contributed by atoms with E-state index in [1.165, 1.54) is 24.2 Å². The number of nitrogens with zero attached hydrogens (tertiary/aromatic N) is 5. The van der Waals surface area contributed by atoms with Crippen molar-refractivity contribution < 1.29 is 14.3 Å². The first-order valence-electron chi connectivity index (χ1n) is 11.8. The van der Waals surface area contributed by atoms with Gasteiger partial charge in [-0.1, -0.05) is 46.8 Å². The van der Waals surface area contributed by atoms with E-state index in [2.05, 4.69) is 32.0 Å². The monoisotopic (exact) mass is 503 g/mol. The first-order chi connectivity index (χ1) is 17.2. The molecule has 0 radical (unpaired) electrons. The van der Waals surface area contributed by atoms with Gasteiger partial charge in [-0.25, -0.2) is 4.68 Å². The van der Waals surface area contributed by atoms with Crippen molar-refractivity contribution in [2.45, 2.75) is 53.9 Å². The Kier molecular flexibility index (Phi) is 7.67. The minimum Gasteiger partial charge on any atom is -0.493 e. The molecule has 0 bridgehead atoms. The maximum Gasteiger partial charge on any atom is 0.273 e. The predicted octanol–water partition coefficient (Wildman–Crippen LogP) is 4.18. The van der Waals surface area contributed by atoms with E-state index in [1.54, 1.807) is 25.1 Å². The highest BCUT2D eigenvalue weighted by Crippen LogP contribution is 2.35. The number of hydrogen-bond donors (Lipinski definition) is 2. The van der Waals surface area contributed by atoms with Crippen molar-refractivity contribution in [2.75, 3.05) is 19.0 Å². The van der Waals surface area contributed by atoms with Crippen LogP contribution in [0, 0.1) is 23.7 Å². The highest BCUT2D eigenvalue weighted by molar-refractivity contribution is 6.05. The highest BCUT2D eigenvalue weighted by atomic mass is 16.5. The van der Waals surface area contributed by atoms with Gasteiger partial charge in [0.25, 0.3) is 11.8 Å². The van der Waals surface area contributed by atoms with Gasteiger partial charge in [-0.3, -0.25) is 14.6 Å². The van der Waals surface area contributed by atoms with Crippen LogP contribution in [0.5, 0.6) is 5.75 Å². The largest absolute Gasteiger partial charge is 0.493 e. The number of nitrogens with one attached hydrogen (secondary N) is 2. The third-order valence-corrected chi connectivity index (χ3v) is 5.60. The highest BCUT2D eigenvalue weighted by Gasteiger charge is 2.22. The summed E-state index contributed by atoms with van der Waals surface area (Å²) in [5.41, 5.74) is 2.79. The second-order valence-corrected chi connectivity index (χ2v) is 11.0. The van der Waals surface area contributed by atoms with Gasteiger partial charge in [0.1, 0.15) is 6.07 Å². The Balaban J connectivity index is 1.91. The van der Waals surface area contributed by atoms with Crippen molar-refractivity contribution in [1.82, 2.24) is 25.3 Å². The maximum absolute atomic E-state index is 13.2. The van der Waals surface area contributed by atoms with E-state index < -0.39 is 5.91 Å². The number of nitriles is 1. The van der Waals surface area contributed by atoms with Crippen LogP contribution in [0.3, 0.4) is 0 Å². The molecule has 37 heavy (non-hydrogen) atoms. The predicted molar refractivity (Wildman–Crippen MR) is 140 cm³/mol. The molecule has 2 aromatic heterocycles. The summed E-state index contributed by atoms with van der Waals surface area (Å²) in [5.74, 6) is -0.489. The molecule has 3 rings (SSSR count). The molecule has 0 aliphatic carbocycles. The van der Waals surface area contributed by atoms with E-state index in [-0.39, 0.29) is 33.7 Å². The molecule has 10 nitrogen and oxygen atoms in total. The molecule has 194 valence electrons. The van der Waals surface area contributed by atoms with Gasteiger partial charge in [0.2, 0.25) is 0 Å². The van der Waals surface area contributed by atoms with Crippen molar-refractivity contribution in [3.05, 3.63) is 58.7 Å². The van der Waals surface area contributed by atoms with E-state index in [4.69, 9.17) is 4.74 Å². The van der Waals surface area contributed by atoms with Gasteiger partial charge < -0.3 is 15.4 Å². The Morgan fingerprint density at radius 1 is 1.11 bits per heavy atom. The molecule has 2 amide bonds. The van der Waals surface area contributed by atoms with Gasteiger partial charge in [-0.2, -0.15) is 5.26 Å². The quantitative estimate of drug-likeness (QED) is 0.515. The van der Waals surface area contributed by atoms with Crippen LogP contribution in [0.25, 0.3) is 5.69 Å². The SMILES string of the molecule is COc1c(C#N)cc(C(C)(C)C)cc1NC(=O)c1cnc(C)c(-n2cc(C(=O)NCC(C)(C)C)nn2)c1. The summed E-state index contributed by atoms with van der Waals surface area (Å²) in [6, 6.07) is 7.33. The fraction of sp³-hybridized carbons (Fsp3) is 0.407. The van der Waals surface area contributed by atoms with Crippen molar-refractivity contribution in [1.29, 1.82) is 5.26 Å². The molecule has 0 unspecified atom stereocenters. The van der Waals surface area contributed by atoms with Crippen LogP contribution in [-0.2, 0) is 5.41 Å². The number of hydrogen-bond acceptors (Lipinski definition) is 7. The summed E-state index contributed by atoms with van der Waals surface area (Å²) in [7, 11) is 1.45. The number of amides is 2. The molecule has 0 aliphatic rings. The van der Waals surface area contributed by atoms with Crippen LogP contribution in [-0.4, -0.2) is 45.4 Å². The summed E-state index contributed by atoms with van der Waals surface area (Å²) >= 11 is 0. The number of benzene rings is 1. The molecule has 1 aromatic carbocycles. The molecular formula is C27H33N7O3. The Morgan fingerprint density at radius 2 is 1.81 bits per heavy atom. The summed E-state index contributed by atoms with van der Waals surface area (Å²) in [6.45, 7) is 14.4. The number of rotatable bonds is 6. The molecule has 0 spiro atoms. The molecule has 0 aliphatic heterocycles. The normalized spacial score (nSPS) is 11.5. The van der Waals surface area contributed by atoms with Crippen LogP contribution >= 0.6 is 0 Å².